The van der Waals surface area contributed by atoms with E-state index >= 15 is 0 Å². The number of aryl methyl sites for hydroxylation is 1. The van der Waals surface area contributed by atoms with Gasteiger partial charge in [-0.1, -0.05) is 18.2 Å². The van der Waals surface area contributed by atoms with Crippen molar-refractivity contribution in [1.82, 2.24) is 15.0 Å². The fraction of sp³-hybridized carbons (Fsp3) is 0.440. The standard InChI is InChI=1S/C25H25F3N6O/c1-14-31-22(30-12-15-3-2-4-17(20(15)26)21(27)28)18-11-19(25(13-29)7-8-25)24(34-23(18)32-14)33-16-5-9-35-10-6-16/h2-4,11,16,21H,5-10,12H2,1H3,(H2,30,31,32,33,34). The van der Waals surface area contributed by atoms with E-state index in [-0.39, 0.29) is 18.2 Å². The second-order valence-corrected chi connectivity index (χ2v) is 9.07. The van der Waals surface area contributed by atoms with Crippen LogP contribution < -0.4 is 10.6 Å². The summed E-state index contributed by atoms with van der Waals surface area (Å²) in [7, 11) is 0. The number of alkyl halides is 2. The number of nitrogens with zero attached hydrogens (tertiary/aromatic N) is 4. The summed E-state index contributed by atoms with van der Waals surface area (Å²) in [6.07, 6.45) is 0.265. The first kappa shape index (κ1) is 23.3. The monoisotopic (exact) mass is 482 g/mol. The van der Waals surface area contributed by atoms with E-state index in [1.807, 2.05) is 6.07 Å². The summed E-state index contributed by atoms with van der Waals surface area (Å²) in [5.74, 6) is 0.575. The molecular formula is C25H25F3N6O. The number of rotatable bonds is 7. The smallest absolute Gasteiger partial charge is 0.266 e. The highest BCUT2D eigenvalue weighted by molar-refractivity contribution is 5.89. The van der Waals surface area contributed by atoms with Crippen LogP contribution in [-0.2, 0) is 16.7 Å². The van der Waals surface area contributed by atoms with Gasteiger partial charge >= 0.3 is 0 Å². The number of nitrogens with one attached hydrogen (secondary N) is 2. The summed E-state index contributed by atoms with van der Waals surface area (Å²) in [5.41, 5.74) is 0.0859. The molecule has 2 aromatic heterocycles. The molecule has 1 saturated carbocycles. The number of anilines is 2. The molecule has 0 bridgehead atoms. The zero-order chi connectivity index (χ0) is 24.6. The Morgan fingerprint density at radius 2 is 1.94 bits per heavy atom. The van der Waals surface area contributed by atoms with Gasteiger partial charge in [-0.25, -0.2) is 28.1 Å². The Labute approximate surface area is 200 Å². The molecule has 1 saturated heterocycles. The first-order valence-corrected chi connectivity index (χ1v) is 11.6. The molecule has 7 nitrogen and oxygen atoms in total. The Kier molecular flexibility index (Phi) is 6.19. The highest BCUT2D eigenvalue weighted by Gasteiger charge is 2.47. The molecule has 2 aliphatic rings. The van der Waals surface area contributed by atoms with Crippen molar-refractivity contribution in [2.24, 2.45) is 0 Å². The molecule has 1 aromatic carbocycles. The number of ether oxygens (including phenoxy) is 1. The van der Waals surface area contributed by atoms with Gasteiger partial charge < -0.3 is 15.4 Å². The van der Waals surface area contributed by atoms with Gasteiger partial charge in [0.2, 0.25) is 0 Å². The molecule has 0 radical (unpaired) electrons. The lowest BCUT2D eigenvalue weighted by atomic mass is 9.96. The van der Waals surface area contributed by atoms with Crippen LogP contribution in [0.15, 0.2) is 24.3 Å². The maximum Gasteiger partial charge on any atom is 0.266 e. The van der Waals surface area contributed by atoms with E-state index < -0.39 is 23.2 Å². The van der Waals surface area contributed by atoms with Crippen molar-refractivity contribution in [2.45, 2.75) is 57.0 Å². The Morgan fingerprint density at radius 3 is 2.63 bits per heavy atom. The molecule has 35 heavy (non-hydrogen) atoms. The summed E-state index contributed by atoms with van der Waals surface area (Å²) >= 11 is 0. The van der Waals surface area contributed by atoms with E-state index in [1.165, 1.54) is 12.1 Å². The van der Waals surface area contributed by atoms with Gasteiger partial charge in [0.05, 0.1) is 22.4 Å². The summed E-state index contributed by atoms with van der Waals surface area (Å²) < 4.78 is 46.2. The van der Waals surface area contributed by atoms with Gasteiger partial charge in [-0.3, -0.25) is 0 Å². The van der Waals surface area contributed by atoms with Gasteiger partial charge in [0.1, 0.15) is 23.3 Å². The molecule has 3 heterocycles. The third kappa shape index (κ3) is 4.60. The van der Waals surface area contributed by atoms with E-state index in [0.29, 0.717) is 41.7 Å². The Morgan fingerprint density at radius 1 is 1.17 bits per heavy atom. The highest BCUT2D eigenvalue weighted by Crippen LogP contribution is 2.50. The molecule has 0 atom stereocenters. The van der Waals surface area contributed by atoms with E-state index in [2.05, 4.69) is 26.7 Å². The molecule has 0 unspecified atom stereocenters. The predicted molar refractivity (Wildman–Crippen MR) is 125 cm³/mol. The van der Waals surface area contributed by atoms with E-state index in [1.54, 1.807) is 6.92 Å². The van der Waals surface area contributed by atoms with Crippen LogP contribution in [0.4, 0.5) is 24.8 Å². The third-order valence-corrected chi connectivity index (χ3v) is 6.63. The fourth-order valence-electron chi connectivity index (χ4n) is 4.46. The van der Waals surface area contributed by atoms with Crippen molar-refractivity contribution in [3.63, 3.8) is 0 Å². The second-order valence-electron chi connectivity index (χ2n) is 9.07. The maximum absolute atomic E-state index is 14.6. The van der Waals surface area contributed by atoms with Crippen LogP contribution in [0.2, 0.25) is 0 Å². The Hall–Kier alpha value is -3.45. The number of hydrogen-bond acceptors (Lipinski definition) is 7. The lowest BCUT2D eigenvalue weighted by Crippen LogP contribution is -2.29. The molecule has 3 aromatic rings. The van der Waals surface area contributed by atoms with Crippen molar-refractivity contribution in [3.05, 3.63) is 52.6 Å². The van der Waals surface area contributed by atoms with Crippen molar-refractivity contribution in [2.75, 3.05) is 23.8 Å². The van der Waals surface area contributed by atoms with Crippen molar-refractivity contribution >= 4 is 22.7 Å². The molecule has 1 aliphatic carbocycles. The average Bonchev–Trinajstić information content (AvgIpc) is 3.64. The molecule has 1 aliphatic heterocycles. The number of benzene rings is 1. The van der Waals surface area contributed by atoms with E-state index in [4.69, 9.17) is 9.72 Å². The average molecular weight is 483 g/mol. The number of hydrogen-bond donors (Lipinski definition) is 2. The summed E-state index contributed by atoms with van der Waals surface area (Å²) in [6.45, 7) is 3.02. The van der Waals surface area contributed by atoms with Crippen LogP contribution in [0.5, 0.6) is 0 Å². The molecule has 0 spiro atoms. The van der Waals surface area contributed by atoms with Gasteiger partial charge in [0, 0.05) is 36.9 Å². The molecule has 0 amide bonds. The van der Waals surface area contributed by atoms with Crippen LogP contribution in [0.1, 0.15) is 54.6 Å². The van der Waals surface area contributed by atoms with Crippen molar-refractivity contribution in [1.29, 1.82) is 5.26 Å². The van der Waals surface area contributed by atoms with Crippen LogP contribution >= 0.6 is 0 Å². The lowest BCUT2D eigenvalue weighted by molar-refractivity contribution is 0.0903. The first-order chi connectivity index (χ1) is 16.9. The Bertz CT molecular complexity index is 1300. The second kappa shape index (κ2) is 9.30. The Balaban J connectivity index is 1.52. The van der Waals surface area contributed by atoms with Crippen LogP contribution in [0.25, 0.3) is 11.0 Å². The third-order valence-electron chi connectivity index (χ3n) is 6.63. The summed E-state index contributed by atoms with van der Waals surface area (Å²) in [4.78, 5) is 13.7. The minimum Gasteiger partial charge on any atom is -0.381 e. The normalized spacial score (nSPS) is 17.4. The molecule has 5 rings (SSSR count). The maximum atomic E-state index is 14.6. The number of aromatic nitrogens is 3. The van der Waals surface area contributed by atoms with Gasteiger partial charge in [-0.05, 0) is 38.7 Å². The summed E-state index contributed by atoms with van der Waals surface area (Å²) in [5, 5.41) is 17.1. The molecule has 2 N–H and O–H groups in total. The zero-order valence-corrected chi connectivity index (χ0v) is 19.2. The molecule has 182 valence electrons. The predicted octanol–water partition coefficient (Wildman–Crippen LogP) is 5.17. The van der Waals surface area contributed by atoms with E-state index in [0.717, 1.165) is 37.3 Å². The van der Waals surface area contributed by atoms with Gasteiger partial charge in [0.25, 0.3) is 6.43 Å². The van der Waals surface area contributed by atoms with Crippen molar-refractivity contribution in [3.8, 4) is 6.07 Å². The quantitative estimate of drug-likeness (QED) is 0.480. The lowest BCUT2D eigenvalue weighted by Gasteiger charge is -2.26. The van der Waals surface area contributed by atoms with Gasteiger partial charge in [0.15, 0.2) is 5.65 Å². The fourth-order valence-corrected chi connectivity index (χ4v) is 4.46. The van der Waals surface area contributed by atoms with E-state index in [9.17, 15) is 18.4 Å². The zero-order valence-electron chi connectivity index (χ0n) is 19.2. The SMILES string of the molecule is Cc1nc(NCc2cccc(C(F)F)c2F)c2cc(C3(C#N)CC3)c(NC3CCOCC3)nc2n1. The van der Waals surface area contributed by atoms with Crippen LogP contribution in [-0.4, -0.2) is 34.2 Å². The number of nitriles is 1. The number of fused-ring (bicyclic) bond motifs is 1. The molecular weight excluding hydrogens is 457 g/mol. The number of pyridine rings is 1. The van der Waals surface area contributed by atoms with Crippen molar-refractivity contribution < 1.29 is 17.9 Å². The molecule has 2 fully saturated rings. The minimum atomic E-state index is -2.90. The minimum absolute atomic E-state index is 0.0429. The molecule has 10 heteroatoms. The van der Waals surface area contributed by atoms with Crippen LogP contribution in [0.3, 0.4) is 0 Å². The largest absolute Gasteiger partial charge is 0.381 e. The van der Waals surface area contributed by atoms with Gasteiger partial charge in [-0.2, -0.15) is 5.26 Å². The van der Waals surface area contributed by atoms with Gasteiger partial charge in [-0.15, -0.1) is 0 Å². The number of halogens is 3. The highest BCUT2D eigenvalue weighted by atomic mass is 19.3. The first-order valence-electron chi connectivity index (χ1n) is 11.6. The summed E-state index contributed by atoms with van der Waals surface area (Å²) in [6, 6.07) is 8.45. The topological polar surface area (TPSA) is 95.8 Å². The van der Waals surface area contributed by atoms with Crippen LogP contribution in [0, 0.1) is 24.1 Å².